The standard InChI is InChI=1S/C23H14/c1-2-7-19-16(4-1)12-18-13-17-9-8-14-5-3-6-15-10-11-20(22(18)19)23(17)21(14)15/h1-5,7-13H,6H2. The first kappa shape index (κ1) is 11.7. The van der Waals surface area contributed by atoms with Gasteiger partial charge in [0.25, 0.3) is 0 Å². The highest BCUT2D eigenvalue weighted by atomic mass is 14.2. The maximum absolute atomic E-state index is 2.36. The van der Waals surface area contributed by atoms with Gasteiger partial charge < -0.3 is 0 Å². The molecule has 0 unspecified atom stereocenters. The molecule has 2 aliphatic carbocycles. The third-order valence-electron chi connectivity index (χ3n) is 5.36. The largest absolute Gasteiger partial charge is 0.0795 e. The molecule has 4 aromatic carbocycles. The van der Waals surface area contributed by atoms with Gasteiger partial charge in [0.15, 0.2) is 0 Å². The topological polar surface area (TPSA) is 0 Å². The highest BCUT2D eigenvalue weighted by Crippen LogP contribution is 2.37. The van der Waals surface area contributed by atoms with Crippen molar-refractivity contribution in [2.75, 3.05) is 0 Å². The van der Waals surface area contributed by atoms with Crippen LogP contribution in [0.5, 0.6) is 0 Å². The van der Waals surface area contributed by atoms with Crippen molar-refractivity contribution in [1.29, 1.82) is 0 Å². The Hall–Kier alpha value is -2.86. The van der Waals surface area contributed by atoms with Crippen LogP contribution in [0, 0.1) is 10.4 Å². The van der Waals surface area contributed by atoms with E-state index in [1.165, 1.54) is 53.9 Å². The number of fused-ring (bicyclic) bond motifs is 3. The first-order valence-corrected chi connectivity index (χ1v) is 8.19. The number of rotatable bonds is 0. The minimum absolute atomic E-state index is 1.04. The van der Waals surface area contributed by atoms with E-state index in [0.29, 0.717) is 0 Å². The Morgan fingerprint density at radius 3 is 2.74 bits per heavy atom. The predicted octanol–water partition coefficient (Wildman–Crippen LogP) is 4.71. The van der Waals surface area contributed by atoms with Gasteiger partial charge in [-0.15, -0.1) is 0 Å². The van der Waals surface area contributed by atoms with Gasteiger partial charge >= 0.3 is 0 Å². The van der Waals surface area contributed by atoms with Crippen LogP contribution < -0.4 is 5.22 Å². The van der Waals surface area contributed by atoms with Crippen LogP contribution in [0.15, 0.2) is 60.7 Å². The summed E-state index contributed by atoms with van der Waals surface area (Å²) in [5.41, 5.74) is 4.17. The highest BCUT2D eigenvalue weighted by Gasteiger charge is 2.15. The second-order valence-electron chi connectivity index (χ2n) is 6.58. The molecule has 6 rings (SSSR count). The van der Waals surface area contributed by atoms with E-state index in [2.05, 4.69) is 72.8 Å². The normalized spacial score (nSPS) is 14.1. The molecule has 0 radical (unpaired) electrons. The molecule has 0 aromatic heterocycles. The third-order valence-corrected chi connectivity index (χ3v) is 5.36. The van der Waals surface area contributed by atoms with Gasteiger partial charge in [0.05, 0.1) is 0 Å². The molecule has 23 heavy (non-hydrogen) atoms. The van der Waals surface area contributed by atoms with Crippen LogP contribution in [0.2, 0.25) is 0 Å². The van der Waals surface area contributed by atoms with E-state index in [4.69, 9.17) is 0 Å². The summed E-state index contributed by atoms with van der Waals surface area (Å²) in [5.74, 6) is 0. The van der Waals surface area contributed by atoms with E-state index in [9.17, 15) is 0 Å². The van der Waals surface area contributed by atoms with E-state index >= 15 is 0 Å². The lowest BCUT2D eigenvalue weighted by Gasteiger charge is -2.16. The second-order valence-corrected chi connectivity index (χ2v) is 6.58. The molecule has 0 saturated heterocycles. The first-order chi connectivity index (χ1) is 11.4. The van der Waals surface area contributed by atoms with Crippen molar-refractivity contribution >= 4 is 33.7 Å². The van der Waals surface area contributed by atoms with E-state index in [1.807, 2.05) is 0 Å². The summed E-state index contributed by atoms with van der Waals surface area (Å²) in [6.45, 7) is 0. The Morgan fingerprint density at radius 1 is 0.783 bits per heavy atom. The van der Waals surface area contributed by atoms with Gasteiger partial charge in [0, 0.05) is 0 Å². The number of allylic oxidation sites excluding steroid dienone is 1. The Kier molecular flexibility index (Phi) is 1.98. The Balaban J connectivity index is 2.01. The molecule has 0 amide bonds. The third kappa shape index (κ3) is 1.37. The Labute approximate surface area is 133 Å². The van der Waals surface area contributed by atoms with Crippen molar-refractivity contribution in [2.24, 2.45) is 0 Å². The minimum atomic E-state index is 1.04. The quantitative estimate of drug-likeness (QED) is 0.387. The summed E-state index contributed by atoms with van der Waals surface area (Å²) in [4.78, 5) is 0. The molecule has 2 aliphatic rings. The summed E-state index contributed by atoms with van der Waals surface area (Å²) in [6.07, 6.45) is 7.92. The van der Waals surface area contributed by atoms with Crippen molar-refractivity contribution in [3.05, 3.63) is 93.0 Å². The van der Waals surface area contributed by atoms with E-state index in [1.54, 1.807) is 0 Å². The van der Waals surface area contributed by atoms with Gasteiger partial charge in [-0.3, -0.25) is 0 Å². The zero-order chi connectivity index (χ0) is 15.0. The van der Waals surface area contributed by atoms with Gasteiger partial charge in [-0.1, -0.05) is 60.7 Å². The van der Waals surface area contributed by atoms with Crippen LogP contribution >= 0.6 is 0 Å². The SMILES string of the molecule is C1=Cc2ccc3cc4c(c5ccc(c2c35)C1)=c1ccccc1=C4. The van der Waals surface area contributed by atoms with Crippen molar-refractivity contribution in [3.63, 3.8) is 0 Å². The monoisotopic (exact) mass is 290 g/mol. The van der Waals surface area contributed by atoms with Crippen molar-refractivity contribution in [1.82, 2.24) is 0 Å². The molecule has 0 heterocycles. The molecule has 0 fully saturated rings. The maximum atomic E-state index is 2.36. The van der Waals surface area contributed by atoms with Gasteiger partial charge in [0.2, 0.25) is 0 Å². The lowest BCUT2D eigenvalue weighted by Crippen LogP contribution is -1.97. The van der Waals surface area contributed by atoms with E-state index in [0.717, 1.165) is 6.42 Å². The molecule has 0 spiro atoms. The smallest absolute Gasteiger partial charge is 0.00233 e. The summed E-state index contributed by atoms with van der Waals surface area (Å²) < 4.78 is 0. The van der Waals surface area contributed by atoms with E-state index in [-0.39, 0.29) is 0 Å². The van der Waals surface area contributed by atoms with Crippen LogP contribution in [-0.2, 0) is 6.42 Å². The molecule has 0 aliphatic heterocycles. The van der Waals surface area contributed by atoms with Gasteiger partial charge in [-0.05, 0) is 72.5 Å². The van der Waals surface area contributed by atoms with Crippen molar-refractivity contribution < 1.29 is 0 Å². The summed E-state index contributed by atoms with van der Waals surface area (Å²) in [7, 11) is 0. The molecule has 0 atom stereocenters. The number of hydrogen-bond acceptors (Lipinski definition) is 0. The lowest BCUT2D eigenvalue weighted by atomic mass is 9.87. The Morgan fingerprint density at radius 2 is 1.74 bits per heavy atom. The first-order valence-electron chi connectivity index (χ1n) is 8.19. The molecule has 4 aromatic rings. The Bertz CT molecular complexity index is 1320. The fourth-order valence-electron chi connectivity index (χ4n) is 4.40. The van der Waals surface area contributed by atoms with Crippen molar-refractivity contribution in [3.8, 4) is 0 Å². The minimum Gasteiger partial charge on any atom is -0.0795 e. The maximum Gasteiger partial charge on any atom is -0.00233 e. The lowest BCUT2D eigenvalue weighted by molar-refractivity contribution is 1.30. The zero-order valence-corrected chi connectivity index (χ0v) is 12.6. The van der Waals surface area contributed by atoms with Crippen LogP contribution in [0.4, 0.5) is 0 Å². The van der Waals surface area contributed by atoms with Gasteiger partial charge in [0.1, 0.15) is 0 Å². The average Bonchev–Trinajstić information content (AvgIpc) is 2.97. The molecule has 0 N–H and O–H groups in total. The molecule has 0 saturated carbocycles. The zero-order valence-electron chi connectivity index (χ0n) is 12.6. The predicted molar refractivity (Wildman–Crippen MR) is 97.1 cm³/mol. The van der Waals surface area contributed by atoms with Gasteiger partial charge in [-0.2, -0.15) is 0 Å². The second kappa shape index (κ2) is 3.91. The fraction of sp³-hybridized carbons (Fsp3) is 0.0435. The van der Waals surface area contributed by atoms with Crippen LogP contribution in [0.25, 0.3) is 33.7 Å². The molecule has 0 nitrogen and oxygen atoms in total. The highest BCUT2D eigenvalue weighted by molar-refractivity contribution is 6.15. The fourth-order valence-corrected chi connectivity index (χ4v) is 4.40. The summed E-state index contributed by atoms with van der Waals surface area (Å²) >= 11 is 0. The van der Waals surface area contributed by atoms with E-state index < -0.39 is 0 Å². The molecule has 0 heteroatoms. The molecular weight excluding hydrogens is 276 g/mol. The van der Waals surface area contributed by atoms with Gasteiger partial charge in [-0.25, -0.2) is 0 Å². The van der Waals surface area contributed by atoms with Crippen LogP contribution in [0.1, 0.15) is 16.7 Å². The number of hydrogen-bond donors (Lipinski definition) is 0. The molecule has 106 valence electrons. The van der Waals surface area contributed by atoms with Crippen LogP contribution in [0.3, 0.4) is 0 Å². The van der Waals surface area contributed by atoms with Crippen molar-refractivity contribution in [2.45, 2.75) is 6.42 Å². The molecule has 0 bridgehead atoms. The summed E-state index contributed by atoms with van der Waals surface area (Å²) in [5, 5.41) is 9.77. The molecular formula is C23H14. The average molecular weight is 290 g/mol. The number of benzene rings is 4. The van der Waals surface area contributed by atoms with Crippen LogP contribution in [-0.4, -0.2) is 0 Å². The summed E-state index contributed by atoms with van der Waals surface area (Å²) in [6, 6.07) is 20.3.